The number of hydrogen-bond donors (Lipinski definition) is 1. The first-order valence-electron chi connectivity index (χ1n) is 6.42. The SMILES string of the molecule is NC1(CCCOCC(F)(F)F)CCc2ccccc21. The molecule has 0 heterocycles. The van der Waals surface area contributed by atoms with E-state index >= 15 is 0 Å². The summed E-state index contributed by atoms with van der Waals surface area (Å²) in [6, 6.07) is 8.01. The second-order valence-corrected chi connectivity index (χ2v) is 5.08. The molecule has 106 valence electrons. The molecule has 0 bridgehead atoms. The standard InChI is InChI=1S/C14H18F3NO/c15-14(16,17)10-19-9-3-7-13(18)8-6-11-4-1-2-5-12(11)13/h1-2,4-5H,3,6-10,18H2. The quantitative estimate of drug-likeness (QED) is 0.836. The van der Waals surface area contributed by atoms with Gasteiger partial charge in [0.05, 0.1) is 0 Å². The second-order valence-electron chi connectivity index (χ2n) is 5.08. The van der Waals surface area contributed by atoms with Gasteiger partial charge in [0.15, 0.2) is 0 Å². The molecule has 0 saturated carbocycles. The van der Waals surface area contributed by atoms with Crippen LogP contribution < -0.4 is 5.73 Å². The molecule has 0 fully saturated rings. The lowest BCUT2D eigenvalue weighted by Gasteiger charge is -2.25. The molecule has 1 aliphatic rings. The minimum Gasteiger partial charge on any atom is -0.372 e. The van der Waals surface area contributed by atoms with Gasteiger partial charge in [-0.15, -0.1) is 0 Å². The molecule has 2 rings (SSSR count). The molecule has 2 N–H and O–H groups in total. The van der Waals surface area contributed by atoms with Crippen LogP contribution in [0.2, 0.25) is 0 Å². The molecule has 1 aromatic carbocycles. The van der Waals surface area contributed by atoms with Gasteiger partial charge in [0, 0.05) is 12.1 Å². The highest BCUT2D eigenvalue weighted by atomic mass is 19.4. The molecule has 1 aliphatic carbocycles. The van der Waals surface area contributed by atoms with Crippen molar-refractivity contribution >= 4 is 0 Å². The summed E-state index contributed by atoms with van der Waals surface area (Å²) in [6.07, 6.45) is -1.26. The van der Waals surface area contributed by atoms with Gasteiger partial charge in [-0.25, -0.2) is 0 Å². The van der Waals surface area contributed by atoms with Gasteiger partial charge < -0.3 is 10.5 Å². The Hall–Kier alpha value is -1.07. The van der Waals surface area contributed by atoms with Crippen LogP contribution in [0.1, 0.15) is 30.4 Å². The zero-order valence-corrected chi connectivity index (χ0v) is 10.7. The minimum atomic E-state index is -4.25. The van der Waals surface area contributed by atoms with Gasteiger partial charge in [0.2, 0.25) is 0 Å². The Kier molecular flexibility index (Phi) is 4.16. The molecule has 0 aliphatic heterocycles. The predicted molar refractivity (Wildman–Crippen MR) is 66.7 cm³/mol. The summed E-state index contributed by atoms with van der Waals surface area (Å²) < 4.78 is 40.3. The highest BCUT2D eigenvalue weighted by Gasteiger charge is 2.34. The number of aryl methyl sites for hydroxylation is 1. The number of nitrogens with two attached hydrogens (primary N) is 1. The molecule has 5 heteroatoms. The number of rotatable bonds is 5. The maximum absolute atomic E-state index is 11.9. The Labute approximate surface area is 110 Å². The molecule has 1 atom stereocenters. The average molecular weight is 273 g/mol. The van der Waals surface area contributed by atoms with Crippen molar-refractivity contribution in [3.05, 3.63) is 35.4 Å². The van der Waals surface area contributed by atoms with Crippen LogP contribution in [0.25, 0.3) is 0 Å². The number of halogens is 3. The van der Waals surface area contributed by atoms with Gasteiger partial charge >= 0.3 is 6.18 Å². The number of hydrogen-bond acceptors (Lipinski definition) is 2. The molecule has 0 radical (unpaired) electrons. The van der Waals surface area contributed by atoms with Gasteiger partial charge in [0.25, 0.3) is 0 Å². The van der Waals surface area contributed by atoms with E-state index < -0.39 is 18.3 Å². The summed E-state index contributed by atoms with van der Waals surface area (Å²) in [7, 11) is 0. The molecule has 0 saturated heterocycles. The van der Waals surface area contributed by atoms with Crippen molar-refractivity contribution in [2.75, 3.05) is 13.2 Å². The van der Waals surface area contributed by atoms with Crippen LogP contribution in [0.4, 0.5) is 13.2 Å². The van der Waals surface area contributed by atoms with Gasteiger partial charge in [-0.1, -0.05) is 24.3 Å². The lowest BCUT2D eigenvalue weighted by atomic mass is 9.88. The van der Waals surface area contributed by atoms with E-state index in [2.05, 4.69) is 10.8 Å². The summed E-state index contributed by atoms with van der Waals surface area (Å²) in [6.45, 7) is -1.08. The number of fused-ring (bicyclic) bond motifs is 1. The summed E-state index contributed by atoms with van der Waals surface area (Å²) in [5.41, 5.74) is 8.34. The van der Waals surface area contributed by atoms with Crippen molar-refractivity contribution in [2.45, 2.75) is 37.4 Å². The third-order valence-corrected chi connectivity index (χ3v) is 3.57. The smallest absolute Gasteiger partial charge is 0.372 e. The lowest BCUT2D eigenvalue weighted by molar-refractivity contribution is -0.174. The minimum absolute atomic E-state index is 0.0978. The van der Waals surface area contributed by atoms with Crippen molar-refractivity contribution in [2.24, 2.45) is 5.73 Å². The molecular formula is C14H18F3NO. The zero-order valence-electron chi connectivity index (χ0n) is 10.7. The summed E-state index contributed by atoms with van der Waals surface area (Å²) >= 11 is 0. The normalized spacial score (nSPS) is 22.5. The molecule has 19 heavy (non-hydrogen) atoms. The van der Waals surface area contributed by atoms with E-state index in [1.807, 2.05) is 18.2 Å². The van der Waals surface area contributed by atoms with E-state index in [0.717, 1.165) is 18.4 Å². The first kappa shape index (κ1) is 14.3. The van der Waals surface area contributed by atoms with Crippen LogP contribution in [0.5, 0.6) is 0 Å². The van der Waals surface area contributed by atoms with E-state index in [9.17, 15) is 13.2 Å². The predicted octanol–water partition coefficient (Wildman–Crippen LogP) is 3.15. The fraction of sp³-hybridized carbons (Fsp3) is 0.571. The fourth-order valence-electron chi connectivity index (χ4n) is 2.65. The second kappa shape index (κ2) is 5.51. The van der Waals surface area contributed by atoms with E-state index in [-0.39, 0.29) is 6.61 Å². The van der Waals surface area contributed by atoms with Gasteiger partial charge in [-0.3, -0.25) is 0 Å². The summed E-state index contributed by atoms with van der Waals surface area (Å²) in [5, 5.41) is 0. The maximum atomic E-state index is 11.9. The maximum Gasteiger partial charge on any atom is 0.411 e. The molecular weight excluding hydrogens is 255 g/mol. The number of ether oxygens (including phenoxy) is 1. The molecule has 1 aromatic rings. The third-order valence-electron chi connectivity index (χ3n) is 3.57. The van der Waals surface area contributed by atoms with E-state index in [4.69, 9.17) is 5.73 Å². The van der Waals surface area contributed by atoms with E-state index in [1.54, 1.807) is 0 Å². The highest BCUT2D eigenvalue weighted by molar-refractivity contribution is 5.38. The van der Waals surface area contributed by atoms with Gasteiger partial charge in [-0.2, -0.15) is 13.2 Å². The Morgan fingerprint density at radius 2 is 2.00 bits per heavy atom. The van der Waals surface area contributed by atoms with Crippen LogP contribution in [-0.2, 0) is 16.7 Å². The molecule has 0 amide bonds. The van der Waals surface area contributed by atoms with Crippen molar-refractivity contribution in [1.82, 2.24) is 0 Å². The largest absolute Gasteiger partial charge is 0.411 e. The monoisotopic (exact) mass is 273 g/mol. The molecule has 1 unspecified atom stereocenters. The molecule has 2 nitrogen and oxygen atoms in total. The van der Waals surface area contributed by atoms with Crippen LogP contribution in [-0.4, -0.2) is 19.4 Å². The lowest BCUT2D eigenvalue weighted by Crippen LogP contribution is -2.34. The zero-order chi connectivity index (χ0) is 13.9. The summed E-state index contributed by atoms with van der Waals surface area (Å²) in [5.74, 6) is 0. The average Bonchev–Trinajstić information content (AvgIpc) is 2.67. The van der Waals surface area contributed by atoms with E-state index in [0.29, 0.717) is 12.8 Å². The number of alkyl halides is 3. The number of benzene rings is 1. The van der Waals surface area contributed by atoms with Crippen molar-refractivity contribution in [3.63, 3.8) is 0 Å². The van der Waals surface area contributed by atoms with Crippen LogP contribution >= 0.6 is 0 Å². The highest BCUT2D eigenvalue weighted by Crippen LogP contribution is 2.37. The molecule has 0 spiro atoms. The van der Waals surface area contributed by atoms with Crippen molar-refractivity contribution in [1.29, 1.82) is 0 Å². The summed E-state index contributed by atoms with van der Waals surface area (Å²) in [4.78, 5) is 0. The third kappa shape index (κ3) is 3.70. The van der Waals surface area contributed by atoms with E-state index in [1.165, 1.54) is 5.56 Å². The Morgan fingerprint density at radius 1 is 1.26 bits per heavy atom. The molecule has 0 aromatic heterocycles. The first-order chi connectivity index (χ1) is 8.91. The topological polar surface area (TPSA) is 35.2 Å². The van der Waals surface area contributed by atoms with Gasteiger partial charge in [-0.05, 0) is 36.8 Å². The van der Waals surface area contributed by atoms with Crippen LogP contribution in [0, 0.1) is 0 Å². The Morgan fingerprint density at radius 3 is 2.74 bits per heavy atom. The fourth-order valence-corrected chi connectivity index (χ4v) is 2.65. The van der Waals surface area contributed by atoms with Gasteiger partial charge in [0.1, 0.15) is 6.61 Å². The first-order valence-corrected chi connectivity index (χ1v) is 6.42. The van der Waals surface area contributed by atoms with Crippen LogP contribution in [0.3, 0.4) is 0 Å². The Bertz CT molecular complexity index is 433. The van der Waals surface area contributed by atoms with Crippen molar-refractivity contribution in [3.8, 4) is 0 Å². The van der Waals surface area contributed by atoms with Crippen molar-refractivity contribution < 1.29 is 17.9 Å². The Balaban J connectivity index is 1.81. The van der Waals surface area contributed by atoms with Crippen LogP contribution in [0.15, 0.2) is 24.3 Å².